The first kappa shape index (κ1) is 31.6. The number of hydrogen-bond donors (Lipinski definition) is 0. The summed E-state index contributed by atoms with van der Waals surface area (Å²) in [6, 6.07) is 75.9. The summed E-state index contributed by atoms with van der Waals surface area (Å²) >= 11 is 0. The summed E-state index contributed by atoms with van der Waals surface area (Å²) in [5, 5.41) is 4.58. The Balaban J connectivity index is 1.24. The Bertz CT molecular complexity index is 2910. The van der Waals surface area contributed by atoms with Gasteiger partial charge in [0, 0.05) is 27.6 Å². The van der Waals surface area contributed by atoms with Crippen molar-refractivity contribution in [2.24, 2.45) is 0 Å². The molecule has 0 bridgehead atoms. The molecule has 0 aliphatic heterocycles. The minimum Gasteiger partial charge on any atom is -0.456 e. The van der Waals surface area contributed by atoms with Crippen molar-refractivity contribution < 1.29 is 4.42 Å². The van der Waals surface area contributed by atoms with E-state index in [2.05, 4.69) is 211 Å². The highest BCUT2D eigenvalue weighted by Gasteiger charge is 2.24. The molecule has 0 radical (unpaired) electrons. The van der Waals surface area contributed by atoms with Gasteiger partial charge in [0.25, 0.3) is 0 Å². The Labute approximate surface area is 314 Å². The van der Waals surface area contributed by atoms with Crippen LogP contribution in [0.25, 0.3) is 77.2 Å². The molecule has 1 heterocycles. The molecule has 9 aromatic carbocycles. The van der Waals surface area contributed by atoms with Crippen LogP contribution in [0.15, 0.2) is 217 Å². The maximum Gasteiger partial charge on any atom is 0.136 e. The average molecular weight is 690 g/mol. The van der Waals surface area contributed by atoms with E-state index in [-0.39, 0.29) is 0 Å². The minimum absolute atomic E-state index is 0.866. The zero-order valence-electron chi connectivity index (χ0n) is 29.6. The number of nitrogens with zero attached hydrogens (tertiary/aromatic N) is 1. The first-order valence-electron chi connectivity index (χ1n) is 18.4. The third-order valence-electron chi connectivity index (χ3n) is 10.5. The molecule has 54 heavy (non-hydrogen) atoms. The third-order valence-corrected chi connectivity index (χ3v) is 10.5. The van der Waals surface area contributed by atoms with Gasteiger partial charge in [-0.25, -0.2) is 0 Å². The molecular weight excluding hydrogens is 655 g/mol. The van der Waals surface area contributed by atoms with Gasteiger partial charge in [0.05, 0.1) is 11.4 Å². The number of hydrogen-bond acceptors (Lipinski definition) is 2. The first-order valence-corrected chi connectivity index (χ1v) is 18.4. The molecule has 10 rings (SSSR count). The summed E-state index contributed by atoms with van der Waals surface area (Å²) in [5.41, 5.74) is 14.4. The van der Waals surface area contributed by atoms with E-state index in [1.165, 1.54) is 33.0 Å². The van der Waals surface area contributed by atoms with E-state index in [0.717, 1.165) is 61.3 Å². The monoisotopic (exact) mass is 689 g/mol. The fraction of sp³-hybridized carbons (Fsp3) is 0. The molecule has 1 aromatic heterocycles. The highest BCUT2D eigenvalue weighted by atomic mass is 16.3. The molecule has 2 nitrogen and oxygen atoms in total. The van der Waals surface area contributed by atoms with Gasteiger partial charge in [0.1, 0.15) is 11.2 Å². The van der Waals surface area contributed by atoms with Crippen molar-refractivity contribution in [1.82, 2.24) is 0 Å². The Morgan fingerprint density at radius 3 is 1.65 bits per heavy atom. The van der Waals surface area contributed by atoms with Gasteiger partial charge in [0.2, 0.25) is 0 Å². The summed E-state index contributed by atoms with van der Waals surface area (Å²) in [5.74, 6) is 0. The lowest BCUT2D eigenvalue weighted by molar-refractivity contribution is 0.669. The van der Waals surface area contributed by atoms with Crippen LogP contribution < -0.4 is 4.90 Å². The van der Waals surface area contributed by atoms with Crippen LogP contribution in [0.2, 0.25) is 0 Å². The highest BCUT2D eigenvalue weighted by molar-refractivity contribution is 6.17. The van der Waals surface area contributed by atoms with Crippen LogP contribution in [-0.2, 0) is 0 Å². The van der Waals surface area contributed by atoms with Crippen LogP contribution in [0, 0.1) is 0 Å². The number of furan rings is 1. The smallest absolute Gasteiger partial charge is 0.136 e. The van der Waals surface area contributed by atoms with E-state index in [1.54, 1.807) is 0 Å². The fourth-order valence-electron chi connectivity index (χ4n) is 7.86. The van der Waals surface area contributed by atoms with Crippen LogP contribution >= 0.6 is 0 Å². The van der Waals surface area contributed by atoms with Crippen molar-refractivity contribution in [3.8, 4) is 44.5 Å². The van der Waals surface area contributed by atoms with Crippen LogP contribution in [0.5, 0.6) is 0 Å². The van der Waals surface area contributed by atoms with E-state index < -0.39 is 0 Å². The normalized spacial score (nSPS) is 11.3. The lowest BCUT2D eigenvalue weighted by atomic mass is 9.93. The van der Waals surface area contributed by atoms with Gasteiger partial charge in [-0.05, 0) is 86.6 Å². The topological polar surface area (TPSA) is 16.4 Å². The minimum atomic E-state index is 0.866. The maximum absolute atomic E-state index is 6.53. The second-order valence-electron chi connectivity index (χ2n) is 13.7. The van der Waals surface area contributed by atoms with E-state index in [4.69, 9.17) is 4.42 Å². The van der Waals surface area contributed by atoms with Gasteiger partial charge in [0.15, 0.2) is 0 Å². The molecule has 0 unspecified atom stereocenters. The van der Waals surface area contributed by atoms with Crippen molar-refractivity contribution in [2.75, 3.05) is 4.90 Å². The van der Waals surface area contributed by atoms with E-state index >= 15 is 0 Å². The van der Waals surface area contributed by atoms with Crippen LogP contribution in [0.4, 0.5) is 17.1 Å². The zero-order valence-corrected chi connectivity index (χ0v) is 29.6. The van der Waals surface area contributed by atoms with Crippen molar-refractivity contribution in [1.29, 1.82) is 0 Å². The van der Waals surface area contributed by atoms with Gasteiger partial charge in [-0.15, -0.1) is 0 Å². The average Bonchev–Trinajstić information content (AvgIpc) is 3.63. The molecule has 0 aliphatic rings. The van der Waals surface area contributed by atoms with Crippen LogP contribution in [0.3, 0.4) is 0 Å². The molecule has 0 atom stereocenters. The molecule has 254 valence electrons. The van der Waals surface area contributed by atoms with Gasteiger partial charge in [-0.3, -0.25) is 0 Å². The summed E-state index contributed by atoms with van der Waals surface area (Å²) in [4.78, 5) is 2.44. The molecule has 0 amide bonds. The Morgan fingerprint density at radius 2 is 0.889 bits per heavy atom. The van der Waals surface area contributed by atoms with Crippen LogP contribution in [-0.4, -0.2) is 0 Å². The predicted molar refractivity (Wildman–Crippen MR) is 228 cm³/mol. The highest BCUT2D eigenvalue weighted by Crippen LogP contribution is 2.49. The summed E-state index contributed by atoms with van der Waals surface area (Å²) < 4.78 is 6.53. The molecule has 10 aromatic rings. The second-order valence-corrected chi connectivity index (χ2v) is 13.7. The predicted octanol–water partition coefficient (Wildman–Crippen LogP) is 14.9. The SMILES string of the molecule is c1ccc(-c2ccc(-c3c(N(c4ccc5cc(-c6ccccc6)ccc5c4)c4ccccc4-c4ccccc4)ccc4oc5ccccc5c34)cc2)cc1. The van der Waals surface area contributed by atoms with Crippen molar-refractivity contribution in [3.63, 3.8) is 0 Å². The van der Waals surface area contributed by atoms with Crippen molar-refractivity contribution >= 4 is 49.8 Å². The molecular formula is C52H35NO. The lowest BCUT2D eigenvalue weighted by Crippen LogP contribution is -2.12. The van der Waals surface area contributed by atoms with E-state index in [9.17, 15) is 0 Å². The van der Waals surface area contributed by atoms with Gasteiger partial charge >= 0.3 is 0 Å². The molecule has 0 N–H and O–H groups in total. The van der Waals surface area contributed by atoms with Crippen molar-refractivity contribution in [2.45, 2.75) is 0 Å². The molecule has 0 fully saturated rings. The molecule has 2 heteroatoms. The number of fused-ring (bicyclic) bond motifs is 4. The molecule has 0 saturated heterocycles. The summed E-state index contributed by atoms with van der Waals surface area (Å²) in [6.07, 6.45) is 0. The largest absolute Gasteiger partial charge is 0.456 e. The lowest BCUT2D eigenvalue weighted by Gasteiger charge is -2.30. The number of para-hydroxylation sites is 2. The van der Waals surface area contributed by atoms with E-state index in [1.807, 2.05) is 6.07 Å². The third kappa shape index (κ3) is 5.62. The fourth-order valence-corrected chi connectivity index (χ4v) is 7.86. The second kappa shape index (κ2) is 13.4. The first-order chi connectivity index (χ1) is 26.8. The molecule has 0 saturated carbocycles. The van der Waals surface area contributed by atoms with Gasteiger partial charge in [-0.1, -0.05) is 170 Å². The Morgan fingerprint density at radius 1 is 0.333 bits per heavy atom. The maximum atomic E-state index is 6.53. The quantitative estimate of drug-likeness (QED) is 0.166. The Hall–Kier alpha value is -7.16. The summed E-state index contributed by atoms with van der Waals surface area (Å²) in [7, 11) is 0. The zero-order chi connectivity index (χ0) is 35.8. The molecule has 0 aliphatic carbocycles. The van der Waals surface area contributed by atoms with Crippen LogP contribution in [0.1, 0.15) is 0 Å². The standard InChI is InChI=1S/C52H35NO/c1-4-14-36(15-5-1)38-24-26-40(27-25-38)51-48(32-33-50-52(51)46-21-11-13-23-49(46)54-50)53(47-22-12-10-20-45(47)39-18-8-3-9-19-39)44-31-30-42-34-41(28-29-43(42)35-44)37-16-6-2-7-17-37/h1-35H. The van der Waals surface area contributed by atoms with Gasteiger partial charge < -0.3 is 9.32 Å². The van der Waals surface area contributed by atoms with Crippen molar-refractivity contribution in [3.05, 3.63) is 212 Å². The summed E-state index contributed by atoms with van der Waals surface area (Å²) in [6.45, 7) is 0. The number of anilines is 3. The number of rotatable bonds is 7. The van der Waals surface area contributed by atoms with E-state index in [0.29, 0.717) is 0 Å². The Kier molecular flexibility index (Phi) is 7.85. The number of benzene rings is 9. The van der Waals surface area contributed by atoms with Gasteiger partial charge in [-0.2, -0.15) is 0 Å². The molecule has 0 spiro atoms.